The monoisotopic (exact) mass is 691 g/mol. The Labute approximate surface area is 282 Å². The van der Waals surface area contributed by atoms with Gasteiger partial charge in [-0.3, -0.25) is 4.79 Å². The maximum absolute atomic E-state index is 14.2. The Morgan fingerprint density at radius 1 is 0.833 bits per heavy atom. The van der Waals surface area contributed by atoms with E-state index in [0.29, 0.717) is 94.1 Å². The second kappa shape index (κ2) is 19.3. The van der Waals surface area contributed by atoms with Gasteiger partial charge >= 0.3 is 6.09 Å². The smallest absolute Gasteiger partial charge is 0.407 e. The standard InChI is InChI=1S/C32H47FN7O7P/c1-31(2,3)47-30(42)35-13-15-44-17-19-46-21-20-45-18-16-43-14-12-34-29(41)23-6-11-27(26(22-23)28-37-39-40(5)38-28)36-25-9-7-24(8-10-25)32(4,33)48/h6-11,22,36H,12-21,48H2,1-5H3,(H,34,41)(H,35,42). The quantitative estimate of drug-likeness (QED) is 0.116. The molecule has 3 N–H and O–H groups in total. The van der Waals surface area contributed by atoms with Crippen molar-refractivity contribution in [2.75, 3.05) is 71.3 Å². The molecule has 0 fully saturated rings. The van der Waals surface area contributed by atoms with Crippen LogP contribution in [0.3, 0.4) is 0 Å². The van der Waals surface area contributed by atoms with Gasteiger partial charge in [0.15, 0.2) is 0 Å². The van der Waals surface area contributed by atoms with E-state index in [1.165, 1.54) is 11.7 Å². The molecule has 1 aromatic heterocycles. The van der Waals surface area contributed by atoms with Crippen molar-refractivity contribution in [3.8, 4) is 11.4 Å². The van der Waals surface area contributed by atoms with Crippen LogP contribution in [0, 0.1) is 0 Å². The lowest BCUT2D eigenvalue weighted by Crippen LogP contribution is -2.34. The van der Waals surface area contributed by atoms with Crippen LogP contribution >= 0.6 is 9.24 Å². The minimum atomic E-state index is -1.53. The number of halogens is 1. The molecular formula is C32H47FN7O7P. The van der Waals surface area contributed by atoms with E-state index in [1.54, 1.807) is 70.3 Å². The Hall–Kier alpha value is -3.75. The average Bonchev–Trinajstić information content (AvgIpc) is 3.45. The lowest BCUT2D eigenvalue weighted by molar-refractivity contribution is -0.00142. The number of anilines is 2. The predicted octanol–water partition coefficient (Wildman–Crippen LogP) is 3.96. The molecule has 0 aliphatic carbocycles. The maximum atomic E-state index is 14.2. The van der Waals surface area contributed by atoms with E-state index < -0.39 is 17.1 Å². The highest BCUT2D eigenvalue weighted by Gasteiger charge is 2.19. The first kappa shape index (κ1) is 38.7. The fraction of sp³-hybridized carbons (Fsp3) is 0.531. The van der Waals surface area contributed by atoms with E-state index >= 15 is 0 Å². The highest BCUT2D eigenvalue weighted by molar-refractivity contribution is 7.18. The zero-order chi connectivity index (χ0) is 35.0. The number of alkyl halides is 1. The SMILES string of the molecule is Cn1nnc(-c2cc(C(=O)NCCOCCOCCOCCOCCNC(=O)OC(C)(C)C)ccc2Nc2ccc(C(C)(F)P)cc2)n1. The largest absolute Gasteiger partial charge is 0.444 e. The van der Waals surface area contributed by atoms with Crippen molar-refractivity contribution in [2.24, 2.45) is 7.05 Å². The number of benzene rings is 2. The van der Waals surface area contributed by atoms with Crippen LogP contribution in [-0.2, 0) is 36.1 Å². The number of amides is 2. The summed E-state index contributed by atoms with van der Waals surface area (Å²) in [6.07, 6.45) is -0.472. The van der Waals surface area contributed by atoms with Crippen molar-refractivity contribution in [3.63, 3.8) is 0 Å². The first-order valence-corrected chi connectivity index (χ1v) is 16.2. The summed E-state index contributed by atoms with van der Waals surface area (Å²) in [4.78, 5) is 25.8. The summed E-state index contributed by atoms with van der Waals surface area (Å²) in [7, 11) is 3.84. The van der Waals surface area contributed by atoms with Crippen molar-refractivity contribution >= 4 is 32.6 Å². The molecule has 48 heavy (non-hydrogen) atoms. The van der Waals surface area contributed by atoms with Gasteiger partial charge in [0.05, 0.1) is 59.9 Å². The van der Waals surface area contributed by atoms with E-state index in [-0.39, 0.29) is 5.91 Å². The van der Waals surface area contributed by atoms with E-state index in [4.69, 9.17) is 23.7 Å². The Balaban J connectivity index is 1.29. The number of carbonyl (C=O) groups is 2. The number of hydrogen-bond donors (Lipinski definition) is 3. The lowest BCUT2D eigenvalue weighted by Gasteiger charge is -2.19. The van der Waals surface area contributed by atoms with Gasteiger partial charge in [-0.15, -0.1) is 10.2 Å². The molecule has 16 heteroatoms. The van der Waals surface area contributed by atoms with Gasteiger partial charge < -0.3 is 39.6 Å². The van der Waals surface area contributed by atoms with Crippen LogP contribution in [-0.4, -0.2) is 104 Å². The van der Waals surface area contributed by atoms with E-state index in [1.807, 2.05) is 0 Å². The van der Waals surface area contributed by atoms with Crippen LogP contribution in [0.25, 0.3) is 11.4 Å². The third-order valence-corrected chi connectivity index (χ3v) is 6.66. The summed E-state index contributed by atoms with van der Waals surface area (Å²) < 4.78 is 41.3. The Morgan fingerprint density at radius 3 is 1.92 bits per heavy atom. The van der Waals surface area contributed by atoms with Gasteiger partial charge in [0.25, 0.3) is 5.91 Å². The second-order valence-corrected chi connectivity index (χ2v) is 12.9. The number of nitrogens with one attached hydrogen (secondary N) is 3. The topological polar surface area (TPSA) is 160 Å². The molecule has 14 nitrogen and oxygen atoms in total. The minimum absolute atomic E-state index is 0.279. The van der Waals surface area contributed by atoms with Crippen LogP contribution < -0.4 is 16.0 Å². The summed E-state index contributed by atoms with van der Waals surface area (Å²) in [6, 6.07) is 12.1. The maximum Gasteiger partial charge on any atom is 0.407 e. The highest BCUT2D eigenvalue weighted by atomic mass is 31.0. The number of alkyl carbamates (subject to hydrolysis) is 1. The second-order valence-electron chi connectivity index (χ2n) is 11.8. The Kier molecular flexibility index (Phi) is 15.6. The summed E-state index contributed by atoms with van der Waals surface area (Å²) in [5.41, 5.74) is 2.39. The molecule has 0 bridgehead atoms. The molecule has 0 aliphatic rings. The van der Waals surface area contributed by atoms with Gasteiger partial charge in [-0.2, -0.15) is 4.80 Å². The molecule has 0 aliphatic heterocycles. The molecule has 2 amide bonds. The number of tetrazole rings is 1. The molecule has 3 rings (SSSR count). The van der Waals surface area contributed by atoms with Crippen LogP contribution in [0.15, 0.2) is 42.5 Å². The first-order valence-electron chi connectivity index (χ1n) is 15.6. The normalized spacial score (nSPS) is 12.7. The van der Waals surface area contributed by atoms with E-state index in [9.17, 15) is 14.0 Å². The summed E-state index contributed by atoms with van der Waals surface area (Å²) in [5.74, 6) is 0.0679. The molecule has 2 atom stereocenters. The van der Waals surface area contributed by atoms with Crippen LogP contribution in [0.2, 0.25) is 0 Å². The molecule has 0 saturated carbocycles. The molecule has 0 radical (unpaired) electrons. The van der Waals surface area contributed by atoms with Crippen LogP contribution in [0.5, 0.6) is 0 Å². The molecule has 0 saturated heterocycles. The zero-order valence-corrected chi connectivity index (χ0v) is 29.4. The Bertz CT molecular complexity index is 1430. The molecule has 264 valence electrons. The number of nitrogens with zero attached hydrogens (tertiary/aromatic N) is 4. The molecule has 3 aromatic rings. The van der Waals surface area contributed by atoms with Crippen molar-refractivity contribution in [1.82, 2.24) is 30.8 Å². The minimum Gasteiger partial charge on any atom is -0.444 e. The number of aryl methyl sites for hydroxylation is 1. The van der Waals surface area contributed by atoms with Crippen LogP contribution in [0.1, 0.15) is 43.6 Å². The number of carbonyl (C=O) groups excluding carboxylic acids is 2. The fourth-order valence-corrected chi connectivity index (χ4v) is 4.24. The molecule has 1 heterocycles. The number of hydrogen-bond acceptors (Lipinski definition) is 11. The molecule has 2 unspecified atom stereocenters. The van der Waals surface area contributed by atoms with Gasteiger partial charge in [0.2, 0.25) is 5.82 Å². The van der Waals surface area contributed by atoms with Crippen molar-refractivity contribution in [1.29, 1.82) is 0 Å². The van der Waals surface area contributed by atoms with Gasteiger partial charge in [-0.25, -0.2) is 9.18 Å². The van der Waals surface area contributed by atoms with E-state index in [0.717, 1.165) is 5.69 Å². The highest BCUT2D eigenvalue weighted by Crippen LogP contribution is 2.34. The van der Waals surface area contributed by atoms with E-state index in [2.05, 4.69) is 40.6 Å². The van der Waals surface area contributed by atoms with Gasteiger partial charge in [0.1, 0.15) is 11.0 Å². The van der Waals surface area contributed by atoms with Crippen molar-refractivity contribution < 1.29 is 37.7 Å². The van der Waals surface area contributed by atoms with Crippen molar-refractivity contribution in [3.05, 3.63) is 53.6 Å². The zero-order valence-electron chi connectivity index (χ0n) is 28.2. The van der Waals surface area contributed by atoms with Crippen LogP contribution in [0.4, 0.5) is 20.6 Å². The molecular weight excluding hydrogens is 644 g/mol. The number of aromatic nitrogens is 4. The summed E-state index contributed by atoms with van der Waals surface area (Å²) in [5, 5.41) is 19.6. The average molecular weight is 692 g/mol. The summed E-state index contributed by atoms with van der Waals surface area (Å²) >= 11 is 0. The predicted molar refractivity (Wildman–Crippen MR) is 182 cm³/mol. The number of ether oxygens (including phenoxy) is 5. The molecule has 2 aromatic carbocycles. The fourth-order valence-electron chi connectivity index (χ4n) is 4.05. The summed E-state index contributed by atoms with van der Waals surface area (Å²) in [6.45, 7) is 10.6. The molecule has 0 spiro atoms. The van der Waals surface area contributed by atoms with Gasteiger partial charge in [-0.1, -0.05) is 21.4 Å². The third-order valence-electron chi connectivity index (χ3n) is 6.32. The van der Waals surface area contributed by atoms with Crippen molar-refractivity contribution in [2.45, 2.75) is 38.7 Å². The lowest BCUT2D eigenvalue weighted by atomic mass is 10.1. The Morgan fingerprint density at radius 2 is 1.40 bits per heavy atom. The van der Waals surface area contributed by atoms with Gasteiger partial charge in [-0.05, 0) is 68.8 Å². The van der Waals surface area contributed by atoms with Gasteiger partial charge in [0, 0.05) is 35.6 Å². The third kappa shape index (κ3) is 14.6. The first-order chi connectivity index (χ1) is 22.8. The number of rotatable bonds is 20.